The number of aliphatic hydroxyl groups is 1. The monoisotopic (exact) mass is 994 g/mol. The lowest BCUT2D eigenvalue weighted by molar-refractivity contribution is 0.0544. The first kappa shape index (κ1) is 46.3. The number of nitrogens with one attached hydrogen (secondary N) is 1. The Morgan fingerprint density at radius 3 is 2.32 bits per heavy atom. The number of benzene rings is 4. The molecule has 1 unspecified atom stereocenters. The number of hydrogen-bond acceptors (Lipinski definition) is 7. The van der Waals surface area contributed by atoms with E-state index in [1.807, 2.05) is 54.9 Å². The lowest BCUT2D eigenvalue weighted by Gasteiger charge is -2.36. The van der Waals surface area contributed by atoms with E-state index >= 15 is 0 Å². The minimum atomic E-state index is -4.45. The van der Waals surface area contributed by atoms with Crippen molar-refractivity contribution in [1.29, 1.82) is 0 Å². The topological polar surface area (TPSA) is 147 Å². The second-order valence-electron chi connectivity index (χ2n) is 15.6. The first-order valence-electron chi connectivity index (χ1n) is 20.6. The molecule has 63 heavy (non-hydrogen) atoms. The summed E-state index contributed by atoms with van der Waals surface area (Å²) in [6, 6.07) is 21.1. The third-order valence-corrected chi connectivity index (χ3v) is 14.5. The van der Waals surface area contributed by atoms with Gasteiger partial charge in [-0.15, -0.1) is 0 Å². The van der Waals surface area contributed by atoms with Crippen LogP contribution < -0.4 is 4.72 Å². The molecule has 0 fully saturated rings. The lowest BCUT2D eigenvalue weighted by Crippen LogP contribution is -2.46. The molecule has 0 radical (unpaired) electrons. The van der Waals surface area contributed by atoms with E-state index < -0.39 is 27.9 Å². The van der Waals surface area contributed by atoms with Crippen LogP contribution in [0.4, 0.5) is 0 Å². The average Bonchev–Trinajstić information content (AvgIpc) is 3.76. The van der Waals surface area contributed by atoms with Gasteiger partial charge in [0.15, 0.2) is 5.69 Å². The van der Waals surface area contributed by atoms with E-state index in [0.717, 1.165) is 47.9 Å². The SMILES string of the molecule is CCCCN(CCCC)C(=O)c1nn(-c2ccc(C(=O)NS(=O)(=O)c3ccc4c(c3)c(Br)cn4Cc3ccc(Cl)c(Cl)c3)cc2C(=O)N2Cc3ccccc3CC2CO)c(C)c1Cl. The molecule has 0 saturated carbocycles. The summed E-state index contributed by atoms with van der Waals surface area (Å²) in [5.74, 6) is -1.86. The number of hydrogen-bond donors (Lipinski definition) is 2. The highest BCUT2D eigenvalue weighted by molar-refractivity contribution is 9.10. The second kappa shape index (κ2) is 19.6. The number of amides is 3. The fraction of sp³-hybridized carbons (Fsp3) is 0.304. The van der Waals surface area contributed by atoms with Crippen molar-refractivity contribution in [1.82, 2.24) is 28.9 Å². The van der Waals surface area contributed by atoms with Crippen LogP contribution in [-0.2, 0) is 29.5 Å². The number of nitrogens with zero attached hydrogens (tertiary/aromatic N) is 5. The van der Waals surface area contributed by atoms with Gasteiger partial charge in [-0.3, -0.25) is 14.4 Å². The molecule has 2 N–H and O–H groups in total. The van der Waals surface area contributed by atoms with Crippen LogP contribution in [0.25, 0.3) is 16.6 Å². The number of carbonyl (C=O) groups excluding carboxylic acids is 3. The van der Waals surface area contributed by atoms with Crippen LogP contribution in [0.1, 0.15) is 93.1 Å². The van der Waals surface area contributed by atoms with Gasteiger partial charge in [0.25, 0.3) is 27.7 Å². The van der Waals surface area contributed by atoms with Gasteiger partial charge in [0.2, 0.25) is 0 Å². The van der Waals surface area contributed by atoms with Crippen molar-refractivity contribution in [2.75, 3.05) is 19.7 Å². The van der Waals surface area contributed by atoms with Crippen LogP contribution in [0.2, 0.25) is 15.1 Å². The average molecular weight is 997 g/mol. The molecule has 0 saturated heterocycles. The standard InChI is InChI=1S/C46H46BrCl3N6O6S/c1-4-6-18-53(19-7-5-2)46(60)43-42(50)28(3)56(51-43)41-16-13-31(22-36(41)45(59)55-25-32-11-9-8-10-30(32)21-33(55)27-57)44(58)52-63(61,62)34-14-17-40-35(23-34)37(47)26-54(40)24-29-12-15-38(48)39(49)20-29/h8-17,20,22-23,26,33,57H,4-7,18-19,21,24-25,27H2,1-3H3,(H,52,58). The zero-order valence-electron chi connectivity index (χ0n) is 34.9. The maximum atomic E-state index is 14.8. The Bertz CT molecular complexity index is 2840. The molecular formula is C46H46BrCl3N6O6S. The van der Waals surface area contributed by atoms with E-state index in [4.69, 9.17) is 34.8 Å². The molecule has 1 atom stereocenters. The molecule has 4 aromatic carbocycles. The van der Waals surface area contributed by atoms with Crippen LogP contribution in [0, 0.1) is 6.92 Å². The molecule has 1 aliphatic rings. The molecule has 7 rings (SSSR count). The van der Waals surface area contributed by atoms with Crippen molar-refractivity contribution in [3.8, 4) is 5.69 Å². The van der Waals surface area contributed by atoms with Crippen molar-refractivity contribution in [2.45, 2.75) is 76.9 Å². The fourth-order valence-corrected chi connectivity index (χ4v) is 9.88. The summed E-state index contributed by atoms with van der Waals surface area (Å²) >= 11 is 22.8. The van der Waals surface area contributed by atoms with E-state index in [-0.39, 0.29) is 51.5 Å². The van der Waals surface area contributed by atoms with Crippen molar-refractivity contribution in [2.24, 2.45) is 0 Å². The number of carbonyl (C=O) groups is 3. The molecule has 3 heterocycles. The summed E-state index contributed by atoms with van der Waals surface area (Å²) < 4.78 is 33.9. The highest BCUT2D eigenvalue weighted by atomic mass is 79.9. The van der Waals surface area contributed by atoms with Crippen molar-refractivity contribution in [3.63, 3.8) is 0 Å². The molecule has 12 nitrogen and oxygen atoms in total. The van der Waals surface area contributed by atoms with Crippen LogP contribution in [0.5, 0.6) is 0 Å². The smallest absolute Gasteiger partial charge is 0.275 e. The maximum Gasteiger partial charge on any atom is 0.275 e. The zero-order valence-corrected chi connectivity index (χ0v) is 39.5. The number of aromatic nitrogens is 3. The third kappa shape index (κ3) is 9.72. The minimum absolute atomic E-state index is 0.0124. The molecule has 0 bridgehead atoms. The van der Waals surface area contributed by atoms with Crippen molar-refractivity contribution >= 4 is 89.4 Å². The Balaban J connectivity index is 1.24. The second-order valence-corrected chi connectivity index (χ2v) is 19.3. The lowest BCUT2D eigenvalue weighted by atomic mass is 9.93. The molecule has 17 heteroatoms. The summed E-state index contributed by atoms with van der Waals surface area (Å²) in [4.78, 5) is 45.9. The van der Waals surface area contributed by atoms with Gasteiger partial charge in [-0.1, -0.05) is 91.8 Å². The van der Waals surface area contributed by atoms with Gasteiger partial charge < -0.3 is 19.5 Å². The molecule has 330 valence electrons. The molecule has 0 spiro atoms. The first-order chi connectivity index (χ1) is 30.1. The van der Waals surface area contributed by atoms with E-state index in [0.29, 0.717) is 51.7 Å². The van der Waals surface area contributed by atoms with Gasteiger partial charge in [0.1, 0.15) is 0 Å². The van der Waals surface area contributed by atoms with Gasteiger partial charge in [-0.2, -0.15) is 5.10 Å². The Morgan fingerprint density at radius 1 is 0.921 bits per heavy atom. The van der Waals surface area contributed by atoms with Gasteiger partial charge in [-0.25, -0.2) is 17.8 Å². The molecule has 2 aromatic heterocycles. The number of sulfonamides is 1. The Morgan fingerprint density at radius 2 is 1.63 bits per heavy atom. The summed E-state index contributed by atoms with van der Waals surface area (Å²) in [5.41, 5.74) is 4.00. The number of aliphatic hydroxyl groups excluding tert-OH is 1. The molecule has 3 amide bonds. The van der Waals surface area contributed by atoms with Crippen LogP contribution in [0.3, 0.4) is 0 Å². The maximum absolute atomic E-state index is 14.8. The van der Waals surface area contributed by atoms with Gasteiger partial charge in [-0.05, 0) is 107 Å². The number of halogens is 4. The predicted octanol–water partition coefficient (Wildman–Crippen LogP) is 9.63. The van der Waals surface area contributed by atoms with Gasteiger partial charge >= 0.3 is 0 Å². The van der Waals surface area contributed by atoms with E-state index in [2.05, 4.69) is 25.8 Å². The molecule has 1 aliphatic heterocycles. The number of unbranched alkanes of at least 4 members (excludes halogenated alkanes) is 2. The number of rotatable bonds is 15. The minimum Gasteiger partial charge on any atom is -0.394 e. The van der Waals surface area contributed by atoms with E-state index in [1.165, 1.54) is 39.9 Å². The largest absolute Gasteiger partial charge is 0.394 e. The quantitative estimate of drug-likeness (QED) is 0.104. The van der Waals surface area contributed by atoms with Crippen LogP contribution in [-0.4, -0.2) is 81.1 Å². The zero-order chi connectivity index (χ0) is 45.2. The summed E-state index contributed by atoms with van der Waals surface area (Å²) in [7, 11) is -4.45. The molecular weight excluding hydrogens is 951 g/mol. The Labute approximate surface area is 389 Å². The highest BCUT2D eigenvalue weighted by Gasteiger charge is 2.34. The molecule has 0 aliphatic carbocycles. The normalized spacial score (nSPS) is 13.9. The van der Waals surface area contributed by atoms with Gasteiger partial charge in [0, 0.05) is 53.3 Å². The fourth-order valence-electron chi connectivity index (χ4n) is 7.80. The first-order valence-corrected chi connectivity index (χ1v) is 24.0. The van der Waals surface area contributed by atoms with Crippen LogP contribution >= 0.6 is 50.7 Å². The van der Waals surface area contributed by atoms with E-state index in [1.54, 1.807) is 30.0 Å². The molecule has 6 aromatic rings. The third-order valence-electron chi connectivity index (χ3n) is 11.3. The van der Waals surface area contributed by atoms with Gasteiger partial charge in [0.05, 0.1) is 49.6 Å². The van der Waals surface area contributed by atoms with Crippen molar-refractivity contribution in [3.05, 3.63) is 144 Å². The van der Waals surface area contributed by atoms with Crippen molar-refractivity contribution < 1.29 is 27.9 Å². The highest BCUT2D eigenvalue weighted by Crippen LogP contribution is 2.33. The van der Waals surface area contributed by atoms with Crippen LogP contribution in [0.15, 0.2) is 94.4 Å². The predicted molar refractivity (Wildman–Crippen MR) is 250 cm³/mol. The Kier molecular flexibility index (Phi) is 14.4. The summed E-state index contributed by atoms with van der Waals surface area (Å²) in [6.07, 6.45) is 5.61. The number of fused-ring (bicyclic) bond motifs is 2. The Hall–Kier alpha value is -4.70. The summed E-state index contributed by atoms with van der Waals surface area (Å²) in [6.45, 7) is 7.12. The van der Waals surface area contributed by atoms with E-state index in [9.17, 15) is 27.9 Å². The summed E-state index contributed by atoms with van der Waals surface area (Å²) in [5, 5.41) is 16.8.